The number of aliphatic hydroxyl groups excluding tert-OH is 1. The highest BCUT2D eigenvalue weighted by molar-refractivity contribution is 6.46. The maximum absolute atomic E-state index is 13.3. The molecule has 0 spiro atoms. The lowest BCUT2D eigenvalue weighted by atomic mass is 9.96. The number of rotatable bonds is 9. The predicted molar refractivity (Wildman–Crippen MR) is 139 cm³/mol. The number of nitrogens with zero attached hydrogens (tertiary/aromatic N) is 5. The smallest absolute Gasteiger partial charge is 0.295 e. The Morgan fingerprint density at radius 3 is 2.41 bits per heavy atom. The van der Waals surface area contributed by atoms with Crippen molar-refractivity contribution >= 4 is 28.8 Å². The first-order valence-corrected chi connectivity index (χ1v) is 12.4. The van der Waals surface area contributed by atoms with Gasteiger partial charge in [0.2, 0.25) is 0 Å². The number of imidazole rings is 1. The molecular formula is C27H31N5O5. The van der Waals surface area contributed by atoms with Crippen LogP contribution in [0.5, 0.6) is 0 Å². The SMILES string of the molecule is CCN(CC)CCCN1C(=O)C(=O)C(=C(O)c2nc3c(C)cccn3c2C)C1c1ccc([N+](=O)[O-])cc1. The molecule has 194 valence electrons. The summed E-state index contributed by atoms with van der Waals surface area (Å²) in [6, 6.07) is 8.61. The number of hydrogen-bond donors (Lipinski definition) is 1. The van der Waals surface area contributed by atoms with Crippen molar-refractivity contribution in [3.63, 3.8) is 0 Å². The lowest BCUT2D eigenvalue weighted by molar-refractivity contribution is -0.384. The standard InChI is InChI=1S/C27H31N5O5/c1-5-29(6-2)14-8-16-31-23(19-10-12-20(13-11-19)32(36)37)21(25(34)27(31)35)24(33)22-18(4)30-15-7-9-17(3)26(30)28-22/h7,9-13,15,23,33H,5-6,8,14,16H2,1-4H3. The monoisotopic (exact) mass is 505 g/mol. The zero-order valence-corrected chi connectivity index (χ0v) is 21.5. The molecule has 1 fully saturated rings. The van der Waals surface area contributed by atoms with Crippen LogP contribution in [-0.2, 0) is 9.59 Å². The number of fused-ring (bicyclic) bond motifs is 1. The van der Waals surface area contributed by atoms with Gasteiger partial charge in [-0.3, -0.25) is 19.7 Å². The van der Waals surface area contributed by atoms with E-state index in [1.807, 2.05) is 29.7 Å². The summed E-state index contributed by atoms with van der Waals surface area (Å²) >= 11 is 0. The molecule has 1 N–H and O–H groups in total. The fourth-order valence-electron chi connectivity index (χ4n) is 4.91. The van der Waals surface area contributed by atoms with E-state index in [0.717, 1.165) is 25.2 Å². The van der Waals surface area contributed by atoms with E-state index in [-0.39, 0.29) is 22.7 Å². The summed E-state index contributed by atoms with van der Waals surface area (Å²) in [5.74, 6) is -1.85. The van der Waals surface area contributed by atoms with Crippen molar-refractivity contribution in [3.8, 4) is 0 Å². The largest absolute Gasteiger partial charge is 0.505 e. The van der Waals surface area contributed by atoms with Crippen LogP contribution in [0.2, 0.25) is 0 Å². The third-order valence-electron chi connectivity index (χ3n) is 7.04. The van der Waals surface area contributed by atoms with Crippen LogP contribution >= 0.6 is 0 Å². The molecule has 3 aromatic rings. The van der Waals surface area contributed by atoms with Crippen LogP contribution < -0.4 is 0 Å². The highest BCUT2D eigenvalue weighted by Gasteiger charge is 2.46. The Morgan fingerprint density at radius 1 is 1.14 bits per heavy atom. The van der Waals surface area contributed by atoms with Gasteiger partial charge in [-0.05, 0) is 69.2 Å². The number of hydrogen-bond acceptors (Lipinski definition) is 7. The van der Waals surface area contributed by atoms with E-state index in [1.54, 1.807) is 6.92 Å². The highest BCUT2D eigenvalue weighted by Crippen LogP contribution is 2.40. The average Bonchev–Trinajstić information content (AvgIpc) is 3.36. The van der Waals surface area contributed by atoms with Crippen LogP contribution in [0, 0.1) is 24.0 Å². The third-order valence-corrected chi connectivity index (χ3v) is 7.04. The van der Waals surface area contributed by atoms with E-state index >= 15 is 0 Å². The lowest BCUT2D eigenvalue weighted by Gasteiger charge is -2.26. The van der Waals surface area contributed by atoms with Gasteiger partial charge in [0.25, 0.3) is 17.4 Å². The van der Waals surface area contributed by atoms with Gasteiger partial charge in [-0.2, -0.15) is 0 Å². The van der Waals surface area contributed by atoms with Gasteiger partial charge >= 0.3 is 0 Å². The molecule has 0 aliphatic carbocycles. The van der Waals surface area contributed by atoms with Gasteiger partial charge in [0.15, 0.2) is 5.76 Å². The van der Waals surface area contributed by atoms with Gasteiger partial charge < -0.3 is 19.3 Å². The van der Waals surface area contributed by atoms with Gasteiger partial charge in [0, 0.05) is 24.9 Å². The second kappa shape index (κ2) is 10.5. The Hall–Kier alpha value is -4.05. The summed E-state index contributed by atoms with van der Waals surface area (Å²) in [5.41, 5.74) is 2.73. The molecule has 0 bridgehead atoms. The molecule has 1 aromatic carbocycles. The minimum Gasteiger partial charge on any atom is -0.505 e. The van der Waals surface area contributed by atoms with Crippen LogP contribution in [0.4, 0.5) is 5.69 Å². The lowest BCUT2D eigenvalue weighted by Crippen LogP contribution is -2.33. The van der Waals surface area contributed by atoms with E-state index in [1.165, 1.54) is 29.2 Å². The summed E-state index contributed by atoms with van der Waals surface area (Å²) in [4.78, 5) is 45.5. The molecule has 10 heteroatoms. The van der Waals surface area contributed by atoms with Crippen LogP contribution in [-0.4, -0.2) is 67.1 Å². The molecule has 37 heavy (non-hydrogen) atoms. The topological polar surface area (TPSA) is 121 Å². The van der Waals surface area contributed by atoms with Crippen molar-refractivity contribution in [1.29, 1.82) is 0 Å². The van der Waals surface area contributed by atoms with E-state index in [0.29, 0.717) is 29.9 Å². The summed E-state index contributed by atoms with van der Waals surface area (Å²) < 4.78 is 1.82. The molecule has 1 aliphatic rings. The zero-order chi connectivity index (χ0) is 26.9. The number of pyridine rings is 1. The predicted octanol–water partition coefficient (Wildman–Crippen LogP) is 4.01. The fourth-order valence-corrected chi connectivity index (χ4v) is 4.91. The first-order valence-electron chi connectivity index (χ1n) is 12.4. The van der Waals surface area contributed by atoms with Crippen molar-refractivity contribution in [1.82, 2.24) is 19.2 Å². The Bertz CT molecular complexity index is 1390. The molecule has 1 amide bonds. The van der Waals surface area contributed by atoms with E-state index in [4.69, 9.17) is 0 Å². The molecule has 1 aliphatic heterocycles. The number of Topliss-reactive ketones (excluding diaryl/α,β-unsaturated/α-hetero) is 1. The minimum atomic E-state index is -0.886. The van der Waals surface area contributed by atoms with E-state index in [2.05, 4.69) is 23.7 Å². The first kappa shape index (κ1) is 26.0. The quantitative estimate of drug-likeness (QED) is 0.153. The molecule has 4 rings (SSSR count). The van der Waals surface area contributed by atoms with Crippen molar-refractivity contribution in [2.75, 3.05) is 26.2 Å². The maximum Gasteiger partial charge on any atom is 0.295 e. The Morgan fingerprint density at radius 2 is 1.81 bits per heavy atom. The number of benzene rings is 1. The normalized spacial score (nSPS) is 17.3. The van der Waals surface area contributed by atoms with Gasteiger partial charge in [0.1, 0.15) is 11.3 Å². The zero-order valence-electron chi connectivity index (χ0n) is 21.5. The molecule has 10 nitrogen and oxygen atoms in total. The van der Waals surface area contributed by atoms with E-state index in [9.17, 15) is 24.8 Å². The van der Waals surface area contributed by atoms with Crippen LogP contribution in [0.25, 0.3) is 11.4 Å². The highest BCUT2D eigenvalue weighted by atomic mass is 16.6. The first-order chi connectivity index (χ1) is 17.7. The molecular weight excluding hydrogens is 474 g/mol. The molecule has 2 aromatic heterocycles. The number of nitro benzene ring substituents is 1. The number of carbonyl (C=O) groups excluding carboxylic acids is 2. The average molecular weight is 506 g/mol. The van der Waals surface area contributed by atoms with Gasteiger partial charge in [-0.15, -0.1) is 0 Å². The molecule has 0 radical (unpaired) electrons. The molecule has 1 unspecified atom stereocenters. The Labute approximate surface area is 215 Å². The number of non-ortho nitro benzene ring substituents is 1. The minimum absolute atomic E-state index is 0.0640. The number of aryl methyl sites for hydroxylation is 2. The van der Waals surface area contributed by atoms with Crippen LogP contribution in [0.3, 0.4) is 0 Å². The Kier molecular flexibility index (Phi) is 7.40. The Balaban J connectivity index is 1.82. The number of nitro groups is 1. The second-order valence-electron chi connectivity index (χ2n) is 9.15. The van der Waals surface area contributed by atoms with Crippen molar-refractivity contribution in [2.24, 2.45) is 0 Å². The summed E-state index contributed by atoms with van der Waals surface area (Å²) in [6.45, 7) is 10.6. The summed E-state index contributed by atoms with van der Waals surface area (Å²) in [5, 5.41) is 22.6. The van der Waals surface area contributed by atoms with Crippen molar-refractivity contribution in [3.05, 3.63) is 80.8 Å². The van der Waals surface area contributed by atoms with Gasteiger partial charge in [-0.25, -0.2) is 4.98 Å². The summed E-state index contributed by atoms with van der Waals surface area (Å²) in [7, 11) is 0. The second-order valence-corrected chi connectivity index (χ2v) is 9.15. The maximum atomic E-state index is 13.3. The fraction of sp³-hybridized carbons (Fsp3) is 0.370. The number of likely N-dealkylation sites (tertiary alicyclic amines) is 1. The van der Waals surface area contributed by atoms with Gasteiger partial charge in [-0.1, -0.05) is 19.9 Å². The molecule has 1 atom stereocenters. The molecule has 0 saturated carbocycles. The molecule has 1 saturated heterocycles. The van der Waals surface area contributed by atoms with Crippen molar-refractivity contribution in [2.45, 2.75) is 40.2 Å². The number of ketones is 1. The van der Waals surface area contributed by atoms with Crippen LogP contribution in [0.15, 0.2) is 48.2 Å². The van der Waals surface area contributed by atoms with Crippen LogP contribution in [0.1, 0.15) is 48.8 Å². The number of aliphatic hydroxyl groups is 1. The molecule has 3 heterocycles. The number of aromatic nitrogens is 2. The van der Waals surface area contributed by atoms with Crippen molar-refractivity contribution < 1.29 is 19.6 Å². The number of amides is 1. The summed E-state index contributed by atoms with van der Waals surface area (Å²) in [6.07, 6.45) is 2.45. The number of carbonyl (C=O) groups is 2. The van der Waals surface area contributed by atoms with Gasteiger partial charge in [0.05, 0.1) is 22.2 Å². The van der Waals surface area contributed by atoms with E-state index < -0.39 is 22.7 Å². The third kappa shape index (κ3) is 4.72.